The van der Waals surface area contributed by atoms with Crippen LogP contribution in [-0.2, 0) is 11.8 Å². The second-order valence-corrected chi connectivity index (χ2v) is 5.52. The lowest BCUT2D eigenvalue weighted by Gasteiger charge is -2.15. The van der Waals surface area contributed by atoms with Crippen molar-refractivity contribution < 1.29 is 9.59 Å². The highest BCUT2D eigenvalue weighted by atomic mass is 35.5. The minimum absolute atomic E-state index is 0.192. The van der Waals surface area contributed by atoms with E-state index in [1.165, 1.54) is 0 Å². The molecule has 2 aromatic rings. The summed E-state index contributed by atoms with van der Waals surface area (Å²) in [6.45, 7) is 3.54. The third kappa shape index (κ3) is 4.07. The molecule has 0 saturated heterocycles. The molecule has 0 radical (unpaired) electrons. The van der Waals surface area contributed by atoms with Gasteiger partial charge in [-0.2, -0.15) is 0 Å². The average Bonchev–Trinajstić information content (AvgIpc) is 2.93. The third-order valence-corrected chi connectivity index (χ3v) is 3.54. The van der Waals surface area contributed by atoms with Gasteiger partial charge in [0.05, 0.1) is 17.3 Å². The van der Waals surface area contributed by atoms with Crippen LogP contribution in [0.3, 0.4) is 0 Å². The Morgan fingerprint density at radius 3 is 2.74 bits per heavy atom. The number of amides is 2. The molecule has 1 aromatic heterocycles. The summed E-state index contributed by atoms with van der Waals surface area (Å²) < 4.78 is 1.73. The summed E-state index contributed by atoms with van der Waals surface area (Å²) in [7, 11) is 1.80. The van der Waals surface area contributed by atoms with E-state index in [2.05, 4.69) is 20.8 Å². The van der Waals surface area contributed by atoms with Crippen molar-refractivity contribution >= 4 is 29.1 Å². The number of hydrogen-bond acceptors (Lipinski definition) is 4. The topological polar surface area (TPSA) is 88.9 Å². The van der Waals surface area contributed by atoms with Crippen LogP contribution >= 0.6 is 11.6 Å². The van der Waals surface area contributed by atoms with Crippen LogP contribution in [-0.4, -0.2) is 26.6 Å². The molecule has 0 bridgehead atoms. The van der Waals surface area contributed by atoms with Gasteiger partial charge in [0, 0.05) is 18.5 Å². The van der Waals surface area contributed by atoms with Crippen molar-refractivity contribution in [3.8, 4) is 0 Å². The summed E-state index contributed by atoms with van der Waals surface area (Å²) in [6.07, 6.45) is 1.87. The molecule has 0 unspecified atom stereocenters. The Hall–Kier alpha value is -2.41. The van der Waals surface area contributed by atoms with Crippen LogP contribution in [0.15, 0.2) is 24.5 Å². The Labute approximate surface area is 139 Å². The van der Waals surface area contributed by atoms with Crippen molar-refractivity contribution in [3.63, 3.8) is 0 Å². The minimum atomic E-state index is -0.333. The van der Waals surface area contributed by atoms with Crippen molar-refractivity contribution in [2.45, 2.75) is 26.3 Å². The maximum absolute atomic E-state index is 12.5. The molecule has 2 amide bonds. The van der Waals surface area contributed by atoms with E-state index in [4.69, 9.17) is 11.6 Å². The van der Waals surface area contributed by atoms with Gasteiger partial charge >= 0.3 is 0 Å². The first-order valence-electron chi connectivity index (χ1n) is 7.16. The van der Waals surface area contributed by atoms with Crippen molar-refractivity contribution in [2.75, 3.05) is 5.32 Å². The lowest BCUT2D eigenvalue weighted by molar-refractivity contribution is -0.115. The Morgan fingerprint density at radius 1 is 1.39 bits per heavy atom. The number of carbonyl (C=O) groups excluding carboxylic acids is 2. The molecule has 0 aliphatic heterocycles. The summed E-state index contributed by atoms with van der Waals surface area (Å²) in [5, 5.41) is 13.7. The highest BCUT2D eigenvalue weighted by molar-refractivity contribution is 6.31. The van der Waals surface area contributed by atoms with Gasteiger partial charge in [0.25, 0.3) is 5.91 Å². The Kier molecular flexibility index (Phi) is 5.33. The monoisotopic (exact) mass is 335 g/mol. The van der Waals surface area contributed by atoms with Crippen LogP contribution in [0.4, 0.5) is 5.69 Å². The number of anilines is 1. The summed E-state index contributed by atoms with van der Waals surface area (Å²) >= 11 is 5.95. The summed E-state index contributed by atoms with van der Waals surface area (Å²) in [5.41, 5.74) is 0.720. The highest BCUT2D eigenvalue weighted by Crippen LogP contribution is 2.22. The van der Waals surface area contributed by atoms with E-state index in [1.54, 1.807) is 43.1 Å². The number of rotatable bonds is 5. The number of carbonyl (C=O) groups is 2. The smallest absolute Gasteiger partial charge is 0.253 e. The predicted octanol–water partition coefficient (Wildman–Crippen LogP) is 2.31. The molecule has 1 atom stereocenters. The maximum atomic E-state index is 12.5. The molecule has 8 heteroatoms. The van der Waals surface area contributed by atoms with Crippen molar-refractivity contribution in [3.05, 3.63) is 40.9 Å². The number of nitrogens with one attached hydrogen (secondary N) is 2. The summed E-state index contributed by atoms with van der Waals surface area (Å²) in [6, 6.07) is 4.40. The van der Waals surface area contributed by atoms with E-state index in [9.17, 15) is 9.59 Å². The predicted molar refractivity (Wildman–Crippen MR) is 87.3 cm³/mol. The molecule has 0 fully saturated rings. The Morgan fingerprint density at radius 2 is 2.13 bits per heavy atom. The van der Waals surface area contributed by atoms with Crippen molar-refractivity contribution in [1.29, 1.82) is 0 Å². The van der Waals surface area contributed by atoms with Gasteiger partial charge in [-0.3, -0.25) is 9.59 Å². The molecule has 0 aliphatic rings. The zero-order valence-electron chi connectivity index (χ0n) is 13.1. The van der Waals surface area contributed by atoms with Gasteiger partial charge in [0.2, 0.25) is 5.91 Å². The molecule has 0 saturated carbocycles. The van der Waals surface area contributed by atoms with E-state index in [1.807, 2.05) is 6.92 Å². The van der Waals surface area contributed by atoms with Gasteiger partial charge in [-0.1, -0.05) is 18.5 Å². The lowest BCUT2D eigenvalue weighted by atomic mass is 10.1. The van der Waals surface area contributed by atoms with E-state index in [0.29, 0.717) is 28.5 Å². The van der Waals surface area contributed by atoms with Gasteiger partial charge < -0.3 is 15.2 Å². The second-order valence-electron chi connectivity index (χ2n) is 5.09. The van der Waals surface area contributed by atoms with E-state index in [-0.39, 0.29) is 17.9 Å². The Balaban J connectivity index is 2.21. The zero-order chi connectivity index (χ0) is 17.0. The number of hydrogen-bond donors (Lipinski definition) is 2. The number of benzene rings is 1. The molecule has 7 nitrogen and oxygen atoms in total. The summed E-state index contributed by atoms with van der Waals surface area (Å²) in [5.74, 6) is 0.109. The van der Waals surface area contributed by atoms with E-state index < -0.39 is 0 Å². The number of halogens is 1. The van der Waals surface area contributed by atoms with Crippen LogP contribution in [0.2, 0.25) is 5.02 Å². The first kappa shape index (κ1) is 17.0. The molecule has 1 heterocycles. The van der Waals surface area contributed by atoms with Gasteiger partial charge in [-0.25, -0.2) is 0 Å². The fourth-order valence-corrected chi connectivity index (χ4v) is 2.25. The SMILES string of the molecule is CCC(=O)Nc1cc(Cl)ccc1C(=O)N[C@@H](C)c1nncn1C. The lowest BCUT2D eigenvalue weighted by Crippen LogP contribution is -2.29. The number of nitrogens with zero attached hydrogens (tertiary/aromatic N) is 3. The zero-order valence-corrected chi connectivity index (χ0v) is 13.9. The first-order valence-corrected chi connectivity index (χ1v) is 7.54. The highest BCUT2D eigenvalue weighted by Gasteiger charge is 2.18. The molecule has 0 aliphatic carbocycles. The standard InChI is InChI=1S/C15H18ClN5O2/c1-4-13(22)19-12-7-10(16)5-6-11(12)15(23)18-9(2)14-20-17-8-21(14)3/h5-9H,4H2,1-3H3,(H,18,23)(H,19,22)/t9-/m0/s1. The minimum Gasteiger partial charge on any atom is -0.342 e. The van der Waals surface area contributed by atoms with Crippen LogP contribution in [0.5, 0.6) is 0 Å². The molecule has 23 heavy (non-hydrogen) atoms. The van der Waals surface area contributed by atoms with Crippen LogP contribution in [0.1, 0.15) is 42.5 Å². The first-order chi connectivity index (χ1) is 10.9. The number of aryl methyl sites for hydroxylation is 1. The molecule has 0 spiro atoms. The third-order valence-electron chi connectivity index (χ3n) is 3.30. The maximum Gasteiger partial charge on any atom is 0.253 e. The molecule has 2 rings (SSSR count). The molecular weight excluding hydrogens is 318 g/mol. The quantitative estimate of drug-likeness (QED) is 0.877. The molecular formula is C15H18ClN5O2. The molecule has 122 valence electrons. The van der Waals surface area contributed by atoms with Crippen LogP contribution in [0, 0.1) is 0 Å². The van der Waals surface area contributed by atoms with Gasteiger partial charge in [-0.15, -0.1) is 10.2 Å². The molecule has 1 aromatic carbocycles. The summed E-state index contributed by atoms with van der Waals surface area (Å²) in [4.78, 5) is 24.1. The fraction of sp³-hybridized carbons (Fsp3) is 0.333. The second kappa shape index (κ2) is 7.23. The number of aromatic nitrogens is 3. The van der Waals surface area contributed by atoms with Gasteiger partial charge in [0.15, 0.2) is 5.82 Å². The van der Waals surface area contributed by atoms with Crippen LogP contribution < -0.4 is 10.6 Å². The Bertz CT molecular complexity index is 728. The fourth-order valence-electron chi connectivity index (χ4n) is 2.08. The largest absolute Gasteiger partial charge is 0.342 e. The normalized spacial score (nSPS) is 11.8. The van der Waals surface area contributed by atoms with E-state index >= 15 is 0 Å². The van der Waals surface area contributed by atoms with Crippen molar-refractivity contribution in [2.24, 2.45) is 7.05 Å². The molecule has 2 N–H and O–H groups in total. The average molecular weight is 336 g/mol. The van der Waals surface area contributed by atoms with Gasteiger partial charge in [0.1, 0.15) is 6.33 Å². The van der Waals surface area contributed by atoms with Crippen molar-refractivity contribution in [1.82, 2.24) is 20.1 Å². The van der Waals surface area contributed by atoms with E-state index in [0.717, 1.165) is 0 Å². The van der Waals surface area contributed by atoms with Gasteiger partial charge in [-0.05, 0) is 25.1 Å². The van der Waals surface area contributed by atoms with Crippen LogP contribution in [0.25, 0.3) is 0 Å².